The number of rotatable bonds is 6. The molecule has 182 valence electrons. The summed E-state index contributed by atoms with van der Waals surface area (Å²) in [5, 5.41) is 16.8. The Bertz CT molecular complexity index is 1240. The average Bonchev–Trinajstić information content (AvgIpc) is 2.86. The lowest BCUT2D eigenvalue weighted by atomic mass is 10.0. The highest BCUT2D eigenvalue weighted by atomic mass is 35.5. The number of hydrogen-bond acceptors (Lipinski definition) is 7. The highest BCUT2D eigenvalue weighted by Gasteiger charge is 2.32. The van der Waals surface area contributed by atoms with Crippen LogP contribution in [0.1, 0.15) is 42.9 Å². The quantitative estimate of drug-likeness (QED) is 0.641. The molecule has 2 aliphatic rings. The van der Waals surface area contributed by atoms with Gasteiger partial charge in [0.2, 0.25) is 10.0 Å². The molecular weight excluding hydrogens is 478 g/mol. The molecule has 0 radical (unpaired) electrons. The number of hydrogen-bond donors (Lipinski definition) is 1. The van der Waals surface area contributed by atoms with Gasteiger partial charge in [0.05, 0.1) is 41.1 Å². The van der Waals surface area contributed by atoms with Crippen LogP contribution in [0.15, 0.2) is 34.1 Å². The lowest BCUT2D eigenvalue weighted by molar-refractivity contribution is 0.0595. The Morgan fingerprint density at radius 1 is 1.29 bits per heavy atom. The van der Waals surface area contributed by atoms with Crippen LogP contribution in [0.5, 0.6) is 0 Å². The molecule has 1 aromatic heterocycles. The van der Waals surface area contributed by atoms with Gasteiger partial charge in [-0.05, 0) is 56.2 Å². The number of nitriles is 1. The fraction of sp³-hybridized carbons (Fsp3) is 0.522. The molecule has 0 bridgehead atoms. The van der Waals surface area contributed by atoms with Gasteiger partial charge in [-0.1, -0.05) is 17.7 Å². The molecule has 0 aliphatic carbocycles. The van der Waals surface area contributed by atoms with Gasteiger partial charge < -0.3 is 10.1 Å². The molecule has 1 atom stereocenters. The second-order valence-electron chi connectivity index (χ2n) is 8.81. The summed E-state index contributed by atoms with van der Waals surface area (Å²) in [6.07, 6.45) is 4.53. The Hall–Kier alpha value is -2.45. The molecule has 1 aromatic carbocycles. The van der Waals surface area contributed by atoms with Crippen molar-refractivity contribution in [2.24, 2.45) is 5.92 Å². The van der Waals surface area contributed by atoms with Gasteiger partial charge in [0.1, 0.15) is 5.02 Å². The van der Waals surface area contributed by atoms with E-state index in [9.17, 15) is 13.2 Å². The highest BCUT2D eigenvalue weighted by Crippen LogP contribution is 2.28. The zero-order valence-electron chi connectivity index (χ0n) is 19.0. The number of aryl methyl sites for hydroxylation is 1. The first-order valence-electron chi connectivity index (χ1n) is 11.4. The van der Waals surface area contributed by atoms with Crippen LogP contribution < -0.4 is 10.9 Å². The normalized spacial score (nSPS) is 20.1. The number of piperidine rings is 1. The van der Waals surface area contributed by atoms with Crippen molar-refractivity contribution < 1.29 is 13.2 Å². The standard InChI is InChI=1S/C23H28ClN5O4S/c1-16-4-5-17(12-25)11-21(16)34(31,32)28-8-6-19(7-9-28)29-23(30)22(24)20(14-27-29)26-13-18-3-2-10-33-15-18/h4-5,11,14,18-19,26H,2-3,6-10,13,15H2,1H3/t18-/m1/s1. The van der Waals surface area contributed by atoms with E-state index in [2.05, 4.69) is 10.4 Å². The molecule has 4 rings (SSSR count). The second kappa shape index (κ2) is 10.4. The molecule has 0 saturated carbocycles. The van der Waals surface area contributed by atoms with Crippen molar-refractivity contribution in [1.82, 2.24) is 14.1 Å². The Kier molecular flexibility index (Phi) is 7.57. The summed E-state index contributed by atoms with van der Waals surface area (Å²) in [5.41, 5.74) is 1.01. The third-order valence-corrected chi connectivity index (χ3v) is 8.89. The van der Waals surface area contributed by atoms with Gasteiger partial charge in [0.15, 0.2) is 0 Å². The summed E-state index contributed by atoms with van der Waals surface area (Å²) in [6, 6.07) is 6.39. The lowest BCUT2D eigenvalue weighted by Crippen LogP contribution is -2.41. The fourth-order valence-corrected chi connectivity index (χ4v) is 6.39. The molecule has 2 aromatic rings. The van der Waals surface area contributed by atoms with Crippen LogP contribution in [0, 0.1) is 24.2 Å². The van der Waals surface area contributed by atoms with Crippen LogP contribution in [0.3, 0.4) is 0 Å². The van der Waals surface area contributed by atoms with Gasteiger partial charge in [-0.2, -0.15) is 14.7 Å². The summed E-state index contributed by atoms with van der Waals surface area (Å²) in [7, 11) is -3.75. The molecule has 34 heavy (non-hydrogen) atoms. The minimum atomic E-state index is -3.75. The van der Waals surface area contributed by atoms with Crippen LogP contribution >= 0.6 is 11.6 Å². The summed E-state index contributed by atoms with van der Waals surface area (Å²) in [5.74, 6) is 0.371. The molecule has 0 amide bonds. The molecular formula is C23H28ClN5O4S. The van der Waals surface area contributed by atoms with Crippen molar-refractivity contribution in [2.75, 3.05) is 38.2 Å². The molecule has 2 saturated heterocycles. The second-order valence-corrected chi connectivity index (χ2v) is 11.1. The predicted octanol–water partition coefficient (Wildman–Crippen LogP) is 2.94. The van der Waals surface area contributed by atoms with Gasteiger partial charge in [-0.25, -0.2) is 13.1 Å². The Morgan fingerprint density at radius 3 is 2.74 bits per heavy atom. The zero-order valence-corrected chi connectivity index (χ0v) is 20.6. The molecule has 0 unspecified atom stereocenters. The monoisotopic (exact) mass is 505 g/mol. The first-order valence-corrected chi connectivity index (χ1v) is 13.2. The van der Waals surface area contributed by atoms with Gasteiger partial charge >= 0.3 is 0 Å². The van der Waals surface area contributed by atoms with Crippen LogP contribution in [-0.2, 0) is 14.8 Å². The van der Waals surface area contributed by atoms with Crippen LogP contribution in [-0.4, -0.2) is 55.4 Å². The molecule has 3 heterocycles. The van der Waals surface area contributed by atoms with Gasteiger partial charge in [0, 0.05) is 26.2 Å². The molecule has 2 fully saturated rings. The maximum atomic E-state index is 13.2. The molecule has 0 spiro atoms. The van der Waals surface area contributed by atoms with Crippen molar-refractivity contribution in [3.63, 3.8) is 0 Å². The first kappa shape index (κ1) is 24.7. The fourth-order valence-electron chi connectivity index (χ4n) is 4.46. The Morgan fingerprint density at radius 2 is 2.06 bits per heavy atom. The number of aromatic nitrogens is 2. The molecule has 9 nitrogen and oxygen atoms in total. The average molecular weight is 506 g/mol. The van der Waals surface area contributed by atoms with E-state index in [1.165, 1.54) is 15.1 Å². The van der Waals surface area contributed by atoms with Gasteiger partial charge in [-0.3, -0.25) is 4.79 Å². The first-order chi connectivity index (χ1) is 16.3. The summed E-state index contributed by atoms with van der Waals surface area (Å²) in [4.78, 5) is 13.0. The van der Waals surface area contributed by atoms with Crippen molar-refractivity contribution in [3.05, 3.63) is 50.9 Å². The minimum absolute atomic E-state index is 0.0886. The maximum Gasteiger partial charge on any atom is 0.287 e. The van der Waals surface area contributed by atoms with E-state index in [-0.39, 0.29) is 34.6 Å². The van der Waals surface area contributed by atoms with Crippen LogP contribution in [0.25, 0.3) is 0 Å². The molecule has 11 heteroatoms. The van der Waals surface area contributed by atoms with E-state index in [1.807, 2.05) is 6.07 Å². The van der Waals surface area contributed by atoms with E-state index in [0.717, 1.165) is 19.4 Å². The topological polar surface area (TPSA) is 117 Å². The Labute approximate surface area is 204 Å². The maximum absolute atomic E-state index is 13.2. The van der Waals surface area contributed by atoms with E-state index in [1.54, 1.807) is 25.3 Å². The van der Waals surface area contributed by atoms with Crippen LogP contribution in [0.4, 0.5) is 5.69 Å². The lowest BCUT2D eigenvalue weighted by Gasteiger charge is -2.32. The van der Waals surface area contributed by atoms with Gasteiger partial charge in [-0.15, -0.1) is 0 Å². The molecule has 2 aliphatic heterocycles. The SMILES string of the molecule is Cc1ccc(C#N)cc1S(=O)(=O)N1CCC(n2ncc(NC[C@H]3CCCOC3)c(Cl)c2=O)CC1. The number of benzene rings is 1. The van der Waals surface area contributed by atoms with Crippen molar-refractivity contribution >= 4 is 27.3 Å². The van der Waals surface area contributed by atoms with E-state index >= 15 is 0 Å². The number of nitrogens with one attached hydrogen (secondary N) is 1. The van der Waals surface area contributed by atoms with E-state index < -0.39 is 10.0 Å². The van der Waals surface area contributed by atoms with Crippen molar-refractivity contribution in [1.29, 1.82) is 5.26 Å². The van der Waals surface area contributed by atoms with Crippen molar-refractivity contribution in [2.45, 2.75) is 43.5 Å². The third-order valence-electron chi connectivity index (χ3n) is 6.48. The van der Waals surface area contributed by atoms with Crippen molar-refractivity contribution in [3.8, 4) is 6.07 Å². The highest BCUT2D eigenvalue weighted by molar-refractivity contribution is 7.89. The summed E-state index contributed by atoms with van der Waals surface area (Å²) in [6.45, 7) is 4.35. The molecule has 1 N–H and O–H groups in total. The van der Waals surface area contributed by atoms with Crippen LogP contribution in [0.2, 0.25) is 5.02 Å². The van der Waals surface area contributed by atoms with Gasteiger partial charge in [0.25, 0.3) is 5.56 Å². The number of halogens is 1. The number of sulfonamides is 1. The third kappa shape index (κ3) is 5.13. The number of nitrogens with zero attached hydrogens (tertiary/aromatic N) is 4. The van der Waals surface area contributed by atoms with E-state index in [0.29, 0.717) is 48.7 Å². The number of ether oxygens (including phenoxy) is 1. The van der Waals surface area contributed by atoms with E-state index in [4.69, 9.17) is 21.6 Å². The zero-order chi connectivity index (χ0) is 24.3. The number of anilines is 1. The largest absolute Gasteiger partial charge is 0.382 e. The minimum Gasteiger partial charge on any atom is -0.382 e. The summed E-state index contributed by atoms with van der Waals surface area (Å²) >= 11 is 6.36. The smallest absolute Gasteiger partial charge is 0.287 e. The predicted molar refractivity (Wildman–Crippen MR) is 128 cm³/mol. The Balaban J connectivity index is 1.43. The summed E-state index contributed by atoms with van der Waals surface area (Å²) < 4.78 is 34.6.